The van der Waals surface area contributed by atoms with Gasteiger partial charge in [0.05, 0.1) is 18.8 Å². The van der Waals surface area contributed by atoms with Crippen LogP contribution >= 0.6 is 0 Å². The topological polar surface area (TPSA) is 29.5 Å². The Morgan fingerprint density at radius 2 is 1.83 bits per heavy atom. The van der Waals surface area contributed by atoms with Crippen molar-refractivity contribution in [3.63, 3.8) is 0 Å². The maximum atomic E-state index is 9.03. The zero-order chi connectivity index (χ0) is 8.81. The van der Waals surface area contributed by atoms with Gasteiger partial charge in [-0.25, -0.2) is 0 Å². The van der Waals surface area contributed by atoms with Crippen LogP contribution < -0.4 is 0 Å². The molecule has 1 aliphatic rings. The number of ether oxygens (including phenoxy) is 1. The minimum atomic E-state index is -0.312. The van der Waals surface area contributed by atoms with E-state index < -0.39 is 0 Å². The Labute approximate surface area is 74.9 Å². The molecule has 1 saturated carbocycles. The molecule has 1 aliphatic carbocycles. The predicted octanol–water partition coefficient (Wildman–Crippen LogP) is 2.11. The Morgan fingerprint density at radius 3 is 2.33 bits per heavy atom. The second-order valence-corrected chi connectivity index (χ2v) is 3.80. The first-order valence-electron chi connectivity index (χ1n) is 5.08. The summed E-state index contributed by atoms with van der Waals surface area (Å²) in [6, 6.07) is 0. The Kier molecular flexibility index (Phi) is 4.62. The highest BCUT2D eigenvalue weighted by Gasteiger charge is 2.12. The summed E-state index contributed by atoms with van der Waals surface area (Å²) < 4.78 is 5.57. The van der Waals surface area contributed by atoms with Crippen molar-refractivity contribution in [3.05, 3.63) is 0 Å². The second kappa shape index (κ2) is 5.55. The minimum absolute atomic E-state index is 0.312. The summed E-state index contributed by atoms with van der Waals surface area (Å²) in [4.78, 5) is 0. The van der Waals surface area contributed by atoms with Crippen molar-refractivity contribution in [1.29, 1.82) is 0 Å². The Balaban J connectivity index is 2.12. The zero-order valence-electron chi connectivity index (χ0n) is 7.96. The smallest absolute Gasteiger partial charge is 0.0745 e. The largest absolute Gasteiger partial charge is 0.391 e. The van der Waals surface area contributed by atoms with Gasteiger partial charge in [0.25, 0.3) is 0 Å². The highest BCUT2D eigenvalue weighted by atomic mass is 16.5. The van der Waals surface area contributed by atoms with E-state index in [4.69, 9.17) is 9.84 Å². The van der Waals surface area contributed by atoms with E-state index in [1.54, 1.807) is 6.92 Å². The van der Waals surface area contributed by atoms with E-state index in [-0.39, 0.29) is 6.10 Å². The van der Waals surface area contributed by atoms with Crippen LogP contribution in [-0.2, 0) is 4.74 Å². The molecule has 1 rings (SSSR count). The van der Waals surface area contributed by atoms with E-state index >= 15 is 0 Å². The number of aliphatic hydroxyl groups excluding tert-OH is 1. The summed E-state index contributed by atoms with van der Waals surface area (Å²) in [6.07, 6.45) is 7.78. The standard InChI is InChI=1S/C10H20O2/c1-9(11)8-12-10-6-4-2-3-5-7-10/h9-11H,2-8H2,1H3/t9-/m0/s1. The van der Waals surface area contributed by atoms with Crippen LogP contribution in [0, 0.1) is 0 Å². The molecule has 0 bridgehead atoms. The molecule has 0 aromatic heterocycles. The maximum absolute atomic E-state index is 9.03. The van der Waals surface area contributed by atoms with Gasteiger partial charge in [-0.2, -0.15) is 0 Å². The third kappa shape index (κ3) is 4.07. The maximum Gasteiger partial charge on any atom is 0.0745 e. The summed E-state index contributed by atoms with van der Waals surface area (Å²) in [5.74, 6) is 0. The van der Waals surface area contributed by atoms with Crippen LogP contribution in [0.4, 0.5) is 0 Å². The van der Waals surface area contributed by atoms with E-state index in [0.717, 1.165) is 0 Å². The molecular weight excluding hydrogens is 152 g/mol. The van der Waals surface area contributed by atoms with Gasteiger partial charge in [0.1, 0.15) is 0 Å². The molecule has 72 valence electrons. The fraction of sp³-hybridized carbons (Fsp3) is 1.00. The number of rotatable bonds is 3. The lowest BCUT2D eigenvalue weighted by atomic mass is 10.1. The molecule has 2 nitrogen and oxygen atoms in total. The molecule has 0 saturated heterocycles. The SMILES string of the molecule is C[C@H](O)COC1CCCCCC1. The van der Waals surface area contributed by atoms with Crippen molar-refractivity contribution in [2.45, 2.75) is 57.7 Å². The van der Waals surface area contributed by atoms with Crippen molar-refractivity contribution < 1.29 is 9.84 Å². The number of hydrogen-bond donors (Lipinski definition) is 1. The molecule has 1 fully saturated rings. The molecule has 0 radical (unpaired) electrons. The van der Waals surface area contributed by atoms with Crippen LogP contribution in [0.15, 0.2) is 0 Å². The number of hydrogen-bond acceptors (Lipinski definition) is 2. The van der Waals surface area contributed by atoms with Crippen LogP contribution in [0.25, 0.3) is 0 Å². The molecule has 1 N–H and O–H groups in total. The van der Waals surface area contributed by atoms with Crippen LogP contribution in [0.2, 0.25) is 0 Å². The van der Waals surface area contributed by atoms with Gasteiger partial charge in [-0.1, -0.05) is 25.7 Å². The van der Waals surface area contributed by atoms with Crippen LogP contribution in [-0.4, -0.2) is 23.9 Å². The van der Waals surface area contributed by atoms with Gasteiger partial charge < -0.3 is 9.84 Å². The van der Waals surface area contributed by atoms with Crippen molar-refractivity contribution in [1.82, 2.24) is 0 Å². The first-order chi connectivity index (χ1) is 5.79. The molecule has 1 atom stereocenters. The molecule has 0 aliphatic heterocycles. The summed E-state index contributed by atoms with van der Waals surface area (Å²) in [6.45, 7) is 2.28. The molecule has 2 heteroatoms. The Bertz CT molecular complexity index is 104. The van der Waals surface area contributed by atoms with E-state index in [0.29, 0.717) is 12.7 Å². The normalized spacial score (nSPS) is 23.5. The van der Waals surface area contributed by atoms with Crippen molar-refractivity contribution in [2.24, 2.45) is 0 Å². The molecule has 0 amide bonds. The van der Waals surface area contributed by atoms with E-state index in [9.17, 15) is 0 Å². The lowest BCUT2D eigenvalue weighted by Gasteiger charge is -2.16. The van der Waals surface area contributed by atoms with Crippen LogP contribution in [0.3, 0.4) is 0 Å². The van der Waals surface area contributed by atoms with Gasteiger partial charge in [0.15, 0.2) is 0 Å². The average Bonchev–Trinajstić information content (AvgIpc) is 2.28. The van der Waals surface area contributed by atoms with Gasteiger partial charge in [-0.15, -0.1) is 0 Å². The highest BCUT2D eigenvalue weighted by molar-refractivity contribution is 4.64. The van der Waals surface area contributed by atoms with Gasteiger partial charge in [-0.3, -0.25) is 0 Å². The first-order valence-corrected chi connectivity index (χ1v) is 5.08. The summed E-state index contributed by atoms with van der Waals surface area (Å²) in [5, 5.41) is 9.03. The molecular formula is C10H20O2. The van der Waals surface area contributed by atoms with E-state index in [1.165, 1.54) is 38.5 Å². The molecule has 0 spiro atoms. The minimum Gasteiger partial charge on any atom is -0.391 e. The predicted molar refractivity (Wildman–Crippen MR) is 49.1 cm³/mol. The van der Waals surface area contributed by atoms with Gasteiger partial charge in [0, 0.05) is 0 Å². The number of aliphatic hydroxyl groups is 1. The fourth-order valence-electron chi connectivity index (χ4n) is 1.68. The van der Waals surface area contributed by atoms with Crippen molar-refractivity contribution in [3.8, 4) is 0 Å². The lowest BCUT2D eigenvalue weighted by molar-refractivity contribution is -0.00871. The monoisotopic (exact) mass is 172 g/mol. The molecule has 12 heavy (non-hydrogen) atoms. The quantitative estimate of drug-likeness (QED) is 0.661. The highest BCUT2D eigenvalue weighted by Crippen LogP contribution is 2.19. The summed E-state index contributed by atoms with van der Waals surface area (Å²) in [5.41, 5.74) is 0. The van der Waals surface area contributed by atoms with E-state index in [2.05, 4.69) is 0 Å². The van der Waals surface area contributed by atoms with Gasteiger partial charge in [-0.05, 0) is 19.8 Å². The third-order valence-electron chi connectivity index (χ3n) is 2.38. The second-order valence-electron chi connectivity index (χ2n) is 3.80. The summed E-state index contributed by atoms with van der Waals surface area (Å²) in [7, 11) is 0. The van der Waals surface area contributed by atoms with Crippen LogP contribution in [0.5, 0.6) is 0 Å². The van der Waals surface area contributed by atoms with Crippen molar-refractivity contribution in [2.75, 3.05) is 6.61 Å². The molecule has 0 aromatic carbocycles. The Morgan fingerprint density at radius 1 is 1.25 bits per heavy atom. The van der Waals surface area contributed by atoms with Gasteiger partial charge in [0.2, 0.25) is 0 Å². The first kappa shape index (κ1) is 10.0. The van der Waals surface area contributed by atoms with Gasteiger partial charge >= 0.3 is 0 Å². The third-order valence-corrected chi connectivity index (χ3v) is 2.38. The molecule has 0 aromatic rings. The lowest BCUT2D eigenvalue weighted by Crippen LogP contribution is -2.18. The fourth-order valence-corrected chi connectivity index (χ4v) is 1.68. The Hall–Kier alpha value is -0.0800. The van der Waals surface area contributed by atoms with E-state index in [1.807, 2.05) is 0 Å². The van der Waals surface area contributed by atoms with Crippen LogP contribution in [0.1, 0.15) is 45.4 Å². The average molecular weight is 172 g/mol. The zero-order valence-corrected chi connectivity index (χ0v) is 7.96. The molecule has 0 heterocycles. The molecule has 0 unspecified atom stereocenters. The van der Waals surface area contributed by atoms with Crippen molar-refractivity contribution >= 4 is 0 Å². The summed E-state index contributed by atoms with van der Waals surface area (Å²) >= 11 is 0.